The molecule has 0 N–H and O–H groups in total. The Morgan fingerprint density at radius 3 is 1.12 bits per heavy atom. The van der Waals surface area contributed by atoms with Gasteiger partial charge in [-0.1, -0.05) is 181 Å². The standard InChI is InChI=1S/C54H84O6/c1-4-7-10-13-16-19-22-24-26-27-29-30-32-35-38-41-44-47-53(56)59-50-51(49-58-52(55)46-43-40-37-34-21-18-15-12-9-6-3)60-54(57)48-45-42-39-36-33-31-28-25-23-20-17-14-11-8-5-2/h7-8,10-12,15-17,19-20,24-26,28-30,33,36,42,45,51H,4-6,9,13-14,18,21-23,27,31-32,34-35,37-41,43-44,46-50H2,1-3H3/b10-7-,11-8-,15-12-,19-16-,20-17-,26-24-,28-25-,30-29-,36-33-,45-42-. The fourth-order valence-electron chi connectivity index (χ4n) is 5.74. The molecule has 0 aliphatic rings. The minimum atomic E-state index is -0.847. The molecular formula is C54H84O6. The number of esters is 3. The van der Waals surface area contributed by atoms with Crippen LogP contribution in [-0.4, -0.2) is 37.2 Å². The van der Waals surface area contributed by atoms with Gasteiger partial charge >= 0.3 is 17.9 Å². The van der Waals surface area contributed by atoms with Crippen LogP contribution in [0.5, 0.6) is 0 Å². The molecule has 0 aliphatic heterocycles. The van der Waals surface area contributed by atoms with Gasteiger partial charge in [-0.05, 0) is 103 Å². The molecule has 0 fully saturated rings. The summed E-state index contributed by atoms with van der Waals surface area (Å²) in [5, 5.41) is 0. The molecule has 6 heteroatoms. The van der Waals surface area contributed by atoms with Gasteiger partial charge in [0.2, 0.25) is 0 Å². The van der Waals surface area contributed by atoms with E-state index in [0.29, 0.717) is 19.3 Å². The van der Waals surface area contributed by atoms with Gasteiger partial charge in [0, 0.05) is 12.8 Å². The molecule has 1 atom stereocenters. The van der Waals surface area contributed by atoms with E-state index in [0.717, 1.165) is 122 Å². The quantitative estimate of drug-likeness (QED) is 0.0265. The van der Waals surface area contributed by atoms with E-state index >= 15 is 0 Å². The molecule has 0 saturated carbocycles. The van der Waals surface area contributed by atoms with Crippen molar-refractivity contribution in [3.05, 3.63) is 122 Å². The Bertz CT molecular complexity index is 1320. The lowest BCUT2D eigenvalue weighted by atomic mass is 10.1. The minimum Gasteiger partial charge on any atom is -0.462 e. The number of ether oxygens (including phenoxy) is 3. The van der Waals surface area contributed by atoms with Crippen LogP contribution in [0, 0.1) is 0 Å². The van der Waals surface area contributed by atoms with Gasteiger partial charge in [-0.3, -0.25) is 14.4 Å². The van der Waals surface area contributed by atoms with Crippen molar-refractivity contribution in [3.63, 3.8) is 0 Å². The van der Waals surface area contributed by atoms with Crippen molar-refractivity contribution >= 4 is 17.9 Å². The number of unbranched alkanes of at least 4 members (excludes halogenated alkanes) is 10. The number of rotatable bonds is 40. The normalized spacial score (nSPS) is 13.2. The minimum absolute atomic E-state index is 0.0845. The van der Waals surface area contributed by atoms with Gasteiger partial charge in [0.15, 0.2) is 6.10 Å². The van der Waals surface area contributed by atoms with E-state index in [2.05, 4.69) is 130 Å². The maximum Gasteiger partial charge on any atom is 0.310 e. The molecule has 0 aliphatic carbocycles. The lowest BCUT2D eigenvalue weighted by molar-refractivity contribution is -0.166. The van der Waals surface area contributed by atoms with E-state index in [4.69, 9.17) is 14.2 Å². The first-order chi connectivity index (χ1) is 29.5. The van der Waals surface area contributed by atoms with E-state index in [1.807, 2.05) is 6.08 Å². The molecule has 0 aromatic rings. The van der Waals surface area contributed by atoms with Crippen molar-refractivity contribution in [3.8, 4) is 0 Å². The molecule has 0 spiro atoms. The summed E-state index contributed by atoms with van der Waals surface area (Å²) < 4.78 is 16.6. The highest BCUT2D eigenvalue weighted by Crippen LogP contribution is 2.11. The van der Waals surface area contributed by atoms with E-state index in [9.17, 15) is 14.4 Å². The first-order valence-corrected chi connectivity index (χ1v) is 23.5. The lowest BCUT2D eigenvalue weighted by Crippen LogP contribution is -2.30. The van der Waals surface area contributed by atoms with Crippen LogP contribution in [0.15, 0.2) is 122 Å². The summed E-state index contributed by atoms with van der Waals surface area (Å²) in [5.74, 6) is -1.11. The lowest BCUT2D eigenvalue weighted by Gasteiger charge is -2.18. The monoisotopic (exact) mass is 829 g/mol. The molecule has 6 nitrogen and oxygen atoms in total. The summed E-state index contributed by atoms with van der Waals surface area (Å²) in [6.07, 6.45) is 64.9. The number of hydrogen-bond donors (Lipinski definition) is 0. The summed E-state index contributed by atoms with van der Waals surface area (Å²) in [5.41, 5.74) is 0. The Morgan fingerprint density at radius 1 is 0.367 bits per heavy atom. The molecule has 0 bridgehead atoms. The van der Waals surface area contributed by atoms with Crippen LogP contribution in [0.1, 0.15) is 181 Å². The van der Waals surface area contributed by atoms with Gasteiger partial charge < -0.3 is 14.2 Å². The number of hydrogen-bond acceptors (Lipinski definition) is 6. The average Bonchev–Trinajstić information content (AvgIpc) is 3.24. The van der Waals surface area contributed by atoms with Gasteiger partial charge in [-0.2, -0.15) is 0 Å². The first-order valence-electron chi connectivity index (χ1n) is 23.5. The second-order valence-electron chi connectivity index (χ2n) is 14.9. The molecule has 0 rings (SSSR count). The first kappa shape index (κ1) is 55.8. The zero-order valence-corrected chi connectivity index (χ0v) is 38.2. The predicted octanol–water partition coefficient (Wildman–Crippen LogP) is 15.4. The van der Waals surface area contributed by atoms with E-state index in [1.54, 1.807) is 6.08 Å². The molecule has 0 saturated heterocycles. The second-order valence-corrected chi connectivity index (χ2v) is 14.9. The molecular weight excluding hydrogens is 745 g/mol. The molecule has 0 amide bonds. The zero-order valence-electron chi connectivity index (χ0n) is 38.2. The molecule has 0 heterocycles. The molecule has 60 heavy (non-hydrogen) atoms. The maximum absolute atomic E-state index is 12.7. The largest absolute Gasteiger partial charge is 0.462 e. The van der Waals surface area contributed by atoms with Gasteiger partial charge in [0.25, 0.3) is 0 Å². The zero-order chi connectivity index (χ0) is 43.7. The van der Waals surface area contributed by atoms with Crippen molar-refractivity contribution in [1.82, 2.24) is 0 Å². The van der Waals surface area contributed by atoms with Gasteiger partial charge in [-0.25, -0.2) is 0 Å². The fraction of sp³-hybridized carbons (Fsp3) is 0.574. The van der Waals surface area contributed by atoms with E-state index < -0.39 is 12.1 Å². The highest BCUT2D eigenvalue weighted by molar-refractivity contribution is 5.72. The Balaban J connectivity index is 4.57. The third-order valence-corrected chi connectivity index (χ3v) is 9.20. The van der Waals surface area contributed by atoms with Crippen LogP contribution >= 0.6 is 0 Å². The molecule has 0 radical (unpaired) electrons. The molecule has 336 valence electrons. The number of allylic oxidation sites excluding steroid dienone is 19. The summed E-state index contributed by atoms with van der Waals surface area (Å²) in [7, 11) is 0. The second kappa shape index (κ2) is 47.5. The summed E-state index contributed by atoms with van der Waals surface area (Å²) in [6, 6.07) is 0. The summed E-state index contributed by atoms with van der Waals surface area (Å²) in [6.45, 7) is 6.20. The maximum atomic E-state index is 12.7. The Morgan fingerprint density at radius 2 is 0.700 bits per heavy atom. The third kappa shape index (κ3) is 44.9. The molecule has 0 aromatic heterocycles. The SMILES string of the molecule is CC/C=C\C/C=C\C/C=C\C/C=C\C/C=C\CC(=O)OC(COC(=O)CCCCCC/C=C\C/C=C\C/C=C\C/C=C\CC)COC(=O)CCCCCCC/C=C\CCC. The summed E-state index contributed by atoms with van der Waals surface area (Å²) >= 11 is 0. The highest BCUT2D eigenvalue weighted by Gasteiger charge is 2.19. The Kier molecular flexibility index (Phi) is 44.2. The van der Waals surface area contributed by atoms with Crippen molar-refractivity contribution < 1.29 is 28.6 Å². The van der Waals surface area contributed by atoms with Gasteiger partial charge in [0.1, 0.15) is 13.2 Å². The van der Waals surface area contributed by atoms with Crippen molar-refractivity contribution in [2.24, 2.45) is 0 Å². The molecule has 1 unspecified atom stereocenters. The Labute approximate surface area is 367 Å². The number of carbonyl (C=O) groups excluding carboxylic acids is 3. The van der Waals surface area contributed by atoms with Crippen LogP contribution in [0.2, 0.25) is 0 Å². The van der Waals surface area contributed by atoms with E-state index in [-0.39, 0.29) is 31.6 Å². The number of carbonyl (C=O) groups is 3. The fourth-order valence-corrected chi connectivity index (χ4v) is 5.74. The van der Waals surface area contributed by atoms with Crippen LogP contribution < -0.4 is 0 Å². The third-order valence-electron chi connectivity index (χ3n) is 9.20. The van der Waals surface area contributed by atoms with Crippen LogP contribution in [0.4, 0.5) is 0 Å². The average molecular weight is 829 g/mol. The van der Waals surface area contributed by atoms with E-state index in [1.165, 1.54) is 12.8 Å². The van der Waals surface area contributed by atoms with Crippen molar-refractivity contribution in [2.45, 2.75) is 187 Å². The predicted molar refractivity (Wildman–Crippen MR) is 256 cm³/mol. The van der Waals surface area contributed by atoms with Crippen molar-refractivity contribution in [1.29, 1.82) is 0 Å². The van der Waals surface area contributed by atoms with Crippen LogP contribution in [-0.2, 0) is 28.6 Å². The van der Waals surface area contributed by atoms with Crippen LogP contribution in [0.25, 0.3) is 0 Å². The summed E-state index contributed by atoms with van der Waals surface area (Å²) in [4.78, 5) is 37.7. The van der Waals surface area contributed by atoms with Gasteiger partial charge in [-0.15, -0.1) is 0 Å². The Hall–Kier alpha value is -4.19. The van der Waals surface area contributed by atoms with Gasteiger partial charge in [0.05, 0.1) is 6.42 Å². The topological polar surface area (TPSA) is 78.9 Å². The molecule has 0 aromatic carbocycles. The highest BCUT2D eigenvalue weighted by atomic mass is 16.6. The smallest absolute Gasteiger partial charge is 0.310 e. The van der Waals surface area contributed by atoms with Crippen molar-refractivity contribution in [2.75, 3.05) is 13.2 Å². The van der Waals surface area contributed by atoms with Crippen LogP contribution in [0.3, 0.4) is 0 Å².